The molecule has 25 heavy (non-hydrogen) atoms. The molecule has 2 heterocycles. The zero-order valence-electron chi connectivity index (χ0n) is 14.6. The first-order valence-corrected chi connectivity index (χ1v) is 9.31. The Morgan fingerprint density at radius 1 is 1.32 bits per heavy atom. The Hall–Kier alpha value is -2.04. The molecule has 1 spiro atoms. The first-order chi connectivity index (χ1) is 12.0. The minimum Gasteiger partial charge on any atom is -0.447 e. The van der Waals surface area contributed by atoms with Gasteiger partial charge < -0.3 is 15.0 Å². The Labute approximate surface area is 147 Å². The van der Waals surface area contributed by atoms with Crippen LogP contribution in [0.1, 0.15) is 36.8 Å². The maximum Gasteiger partial charge on any atom is 0.407 e. The molecule has 0 aromatic heterocycles. The summed E-state index contributed by atoms with van der Waals surface area (Å²) in [4.78, 5) is 26.1. The number of piperidine rings is 1. The molecule has 2 saturated heterocycles. The summed E-state index contributed by atoms with van der Waals surface area (Å²) in [6, 6.07) is 8.87. The number of nitrogens with zero attached hydrogens (tertiary/aromatic N) is 1. The van der Waals surface area contributed by atoms with Crippen LogP contribution < -0.4 is 5.32 Å². The SMILES string of the molecule is Cc1cccc([C@@]23CCN(C(=O)[C@H]4C[C@]5(COC(=O)N5)C4)C[C@@H]2C3)c1. The molecule has 5 rings (SSSR count). The number of aryl methyl sites for hydroxylation is 1. The van der Waals surface area contributed by atoms with Crippen molar-refractivity contribution in [3.05, 3.63) is 35.4 Å². The van der Waals surface area contributed by atoms with Crippen molar-refractivity contribution in [1.29, 1.82) is 0 Å². The Kier molecular flexibility index (Phi) is 3.04. The lowest BCUT2D eigenvalue weighted by Gasteiger charge is -2.44. The Morgan fingerprint density at radius 3 is 2.84 bits per heavy atom. The van der Waals surface area contributed by atoms with Crippen LogP contribution in [-0.4, -0.2) is 42.1 Å². The Morgan fingerprint density at radius 2 is 2.16 bits per heavy atom. The highest BCUT2D eigenvalue weighted by atomic mass is 16.6. The molecule has 2 aliphatic carbocycles. The Bertz CT molecular complexity index is 755. The number of carbonyl (C=O) groups is 2. The quantitative estimate of drug-likeness (QED) is 0.899. The van der Waals surface area contributed by atoms with Crippen molar-refractivity contribution < 1.29 is 14.3 Å². The molecule has 0 radical (unpaired) electrons. The number of fused-ring (bicyclic) bond motifs is 1. The van der Waals surface area contributed by atoms with Crippen LogP contribution >= 0.6 is 0 Å². The van der Waals surface area contributed by atoms with E-state index in [1.54, 1.807) is 0 Å². The van der Waals surface area contributed by atoms with Gasteiger partial charge in [-0.25, -0.2) is 4.79 Å². The van der Waals surface area contributed by atoms with Gasteiger partial charge in [-0.15, -0.1) is 0 Å². The second kappa shape index (κ2) is 4.99. The highest BCUT2D eigenvalue weighted by Crippen LogP contribution is 2.59. The van der Waals surface area contributed by atoms with Crippen molar-refractivity contribution in [2.75, 3.05) is 19.7 Å². The van der Waals surface area contributed by atoms with Crippen molar-refractivity contribution >= 4 is 12.0 Å². The highest BCUT2D eigenvalue weighted by molar-refractivity contribution is 5.82. The van der Waals surface area contributed by atoms with Gasteiger partial charge in [0, 0.05) is 24.4 Å². The van der Waals surface area contributed by atoms with Crippen LogP contribution in [0.2, 0.25) is 0 Å². The summed E-state index contributed by atoms with van der Waals surface area (Å²) in [5.74, 6) is 0.930. The smallest absolute Gasteiger partial charge is 0.407 e. The fourth-order valence-corrected chi connectivity index (χ4v) is 5.30. The van der Waals surface area contributed by atoms with Crippen LogP contribution in [0.15, 0.2) is 24.3 Å². The number of benzene rings is 1. The molecule has 1 N–H and O–H groups in total. The fraction of sp³-hybridized carbons (Fsp3) is 0.600. The maximum atomic E-state index is 12.8. The number of cyclic esters (lactones) is 1. The zero-order valence-corrected chi connectivity index (χ0v) is 14.6. The van der Waals surface area contributed by atoms with Crippen LogP contribution in [0, 0.1) is 18.8 Å². The molecular weight excluding hydrogens is 316 g/mol. The van der Waals surface area contributed by atoms with E-state index in [0.717, 1.165) is 32.4 Å². The van der Waals surface area contributed by atoms with Crippen molar-refractivity contribution in [3.63, 3.8) is 0 Å². The first kappa shape index (κ1) is 15.2. The van der Waals surface area contributed by atoms with Gasteiger partial charge in [-0.3, -0.25) is 4.79 Å². The molecule has 4 aliphatic rings. The van der Waals surface area contributed by atoms with Gasteiger partial charge in [0.25, 0.3) is 0 Å². The lowest BCUT2D eigenvalue weighted by Crippen LogP contribution is -2.58. The van der Waals surface area contributed by atoms with Gasteiger partial charge in [0.05, 0.1) is 5.54 Å². The first-order valence-electron chi connectivity index (χ1n) is 9.31. The van der Waals surface area contributed by atoms with Crippen molar-refractivity contribution in [2.45, 2.75) is 43.6 Å². The normalized spacial score (nSPS) is 38.6. The molecule has 2 aliphatic heterocycles. The van der Waals surface area contributed by atoms with E-state index in [9.17, 15) is 9.59 Å². The molecule has 2 atom stereocenters. The fourth-order valence-electron chi connectivity index (χ4n) is 5.30. The van der Waals surface area contributed by atoms with Crippen LogP contribution in [0.5, 0.6) is 0 Å². The molecule has 5 heteroatoms. The van der Waals surface area contributed by atoms with Gasteiger partial charge in [0.1, 0.15) is 6.61 Å². The standard InChI is InChI=1S/C20H24N2O3/c1-13-3-2-4-15(7-13)20-5-6-22(11-16(20)10-20)17(23)14-8-19(9-14)12-25-18(24)21-19/h2-4,7,14,16H,5-6,8-12H2,1H3,(H,21,24)/t14-,16-,19+,20-/m0/s1. The lowest BCUT2D eigenvalue weighted by molar-refractivity contribution is -0.142. The molecule has 5 nitrogen and oxygen atoms in total. The van der Waals surface area contributed by atoms with Gasteiger partial charge >= 0.3 is 6.09 Å². The second-order valence-corrected chi connectivity index (χ2v) is 8.55. The molecule has 1 aromatic carbocycles. The van der Waals surface area contributed by atoms with Crippen molar-refractivity contribution in [1.82, 2.24) is 10.2 Å². The summed E-state index contributed by atoms with van der Waals surface area (Å²) in [6.45, 7) is 4.30. The summed E-state index contributed by atoms with van der Waals surface area (Å²) in [6.07, 6.45) is 3.39. The third-order valence-corrected chi connectivity index (χ3v) is 6.88. The van der Waals surface area contributed by atoms with Crippen molar-refractivity contribution in [3.8, 4) is 0 Å². The predicted molar refractivity (Wildman–Crippen MR) is 92.1 cm³/mol. The minimum absolute atomic E-state index is 0.0484. The maximum absolute atomic E-state index is 12.8. The van der Waals surface area contributed by atoms with E-state index in [0.29, 0.717) is 17.9 Å². The highest BCUT2D eigenvalue weighted by Gasteiger charge is 2.59. The van der Waals surface area contributed by atoms with Crippen LogP contribution in [0.4, 0.5) is 4.79 Å². The topological polar surface area (TPSA) is 58.6 Å². The number of nitrogens with one attached hydrogen (secondary N) is 1. The number of alkyl carbamates (subject to hydrolysis) is 1. The second-order valence-electron chi connectivity index (χ2n) is 8.55. The summed E-state index contributed by atoms with van der Waals surface area (Å²) < 4.78 is 5.00. The average molecular weight is 340 g/mol. The summed E-state index contributed by atoms with van der Waals surface area (Å²) >= 11 is 0. The predicted octanol–water partition coefficient (Wildman–Crippen LogP) is 2.37. The molecule has 0 bridgehead atoms. The van der Waals surface area contributed by atoms with E-state index >= 15 is 0 Å². The number of ether oxygens (including phenoxy) is 1. The average Bonchev–Trinajstić information content (AvgIpc) is 3.19. The van der Waals surface area contributed by atoms with E-state index in [-0.39, 0.29) is 23.5 Å². The van der Waals surface area contributed by atoms with Crippen LogP contribution in [0.3, 0.4) is 0 Å². The van der Waals surface area contributed by atoms with Gasteiger partial charge in [0.15, 0.2) is 0 Å². The molecule has 2 saturated carbocycles. The third-order valence-electron chi connectivity index (χ3n) is 6.88. The summed E-state index contributed by atoms with van der Waals surface area (Å²) in [5.41, 5.74) is 2.82. The molecule has 0 unspecified atom stereocenters. The molecule has 1 aromatic rings. The number of hydrogen-bond donors (Lipinski definition) is 1. The number of amides is 2. The van der Waals surface area contributed by atoms with Crippen molar-refractivity contribution in [2.24, 2.45) is 11.8 Å². The van der Waals surface area contributed by atoms with Gasteiger partial charge in [-0.05, 0) is 44.1 Å². The van der Waals surface area contributed by atoms with E-state index in [1.165, 1.54) is 17.5 Å². The molecule has 4 fully saturated rings. The number of rotatable bonds is 2. The van der Waals surface area contributed by atoms with E-state index in [4.69, 9.17) is 4.74 Å². The zero-order chi connectivity index (χ0) is 17.2. The number of likely N-dealkylation sites (tertiary alicyclic amines) is 1. The minimum atomic E-state index is -0.343. The van der Waals surface area contributed by atoms with Crippen LogP contribution in [-0.2, 0) is 14.9 Å². The number of hydrogen-bond acceptors (Lipinski definition) is 3. The van der Waals surface area contributed by atoms with Gasteiger partial charge in [0.2, 0.25) is 5.91 Å². The lowest BCUT2D eigenvalue weighted by atomic mass is 9.68. The van der Waals surface area contributed by atoms with E-state index in [1.807, 2.05) is 0 Å². The van der Waals surface area contributed by atoms with Gasteiger partial charge in [-0.2, -0.15) is 0 Å². The monoisotopic (exact) mass is 340 g/mol. The summed E-state index contributed by atoms with van der Waals surface area (Å²) in [7, 11) is 0. The van der Waals surface area contributed by atoms with E-state index < -0.39 is 0 Å². The van der Waals surface area contributed by atoms with Crippen LogP contribution in [0.25, 0.3) is 0 Å². The molecule has 132 valence electrons. The largest absolute Gasteiger partial charge is 0.447 e. The Balaban J connectivity index is 1.22. The van der Waals surface area contributed by atoms with E-state index in [2.05, 4.69) is 41.4 Å². The molecule has 2 amide bonds. The third kappa shape index (κ3) is 2.28. The number of carbonyl (C=O) groups excluding carboxylic acids is 2. The summed E-state index contributed by atoms with van der Waals surface area (Å²) in [5, 5.41) is 2.87. The molecular formula is C20H24N2O3. The van der Waals surface area contributed by atoms with Gasteiger partial charge in [-0.1, -0.05) is 29.8 Å².